The predicted molar refractivity (Wildman–Crippen MR) is 123 cm³/mol. The maximum Gasteiger partial charge on any atom is -0.00821 e. The van der Waals surface area contributed by atoms with Crippen LogP contribution < -0.4 is 0 Å². The molecule has 0 saturated heterocycles. The first-order valence-corrected chi connectivity index (χ1v) is 10.9. The lowest BCUT2D eigenvalue weighted by Crippen LogP contribution is -2.26. The highest BCUT2D eigenvalue weighted by Gasteiger charge is 2.33. The van der Waals surface area contributed by atoms with Crippen LogP contribution in [0.1, 0.15) is 74.3 Å². The van der Waals surface area contributed by atoms with E-state index in [1.807, 2.05) is 0 Å². The van der Waals surface area contributed by atoms with Crippen LogP contribution in [0.25, 0.3) is 16.7 Å². The number of benzene rings is 2. The van der Waals surface area contributed by atoms with Gasteiger partial charge in [-0.15, -0.1) is 0 Å². The average Bonchev–Trinajstić information content (AvgIpc) is 3.23. The monoisotopic (exact) mass is 368 g/mol. The van der Waals surface area contributed by atoms with Gasteiger partial charge >= 0.3 is 0 Å². The summed E-state index contributed by atoms with van der Waals surface area (Å²) in [5, 5.41) is 0. The maximum absolute atomic E-state index is 4.46. The molecule has 2 aromatic rings. The molecule has 2 aromatic carbocycles. The highest BCUT2D eigenvalue weighted by Crippen LogP contribution is 2.46. The molecule has 0 N–H and O–H groups in total. The number of hydrogen-bond acceptors (Lipinski definition) is 0. The van der Waals surface area contributed by atoms with E-state index in [0.717, 1.165) is 19.3 Å². The van der Waals surface area contributed by atoms with Crippen LogP contribution >= 0.6 is 0 Å². The van der Waals surface area contributed by atoms with Crippen molar-refractivity contribution in [3.8, 4) is 0 Å². The van der Waals surface area contributed by atoms with E-state index >= 15 is 0 Å². The van der Waals surface area contributed by atoms with E-state index in [0.29, 0.717) is 5.41 Å². The Labute approximate surface area is 170 Å². The summed E-state index contributed by atoms with van der Waals surface area (Å²) >= 11 is 0. The van der Waals surface area contributed by atoms with E-state index < -0.39 is 0 Å². The summed E-state index contributed by atoms with van der Waals surface area (Å²) in [6, 6.07) is 16.1. The van der Waals surface area contributed by atoms with Gasteiger partial charge < -0.3 is 0 Å². The SMILES string of the molecule is C=C1CC(CC)(CC)Cc2ccc(C3=CC(c4ccc(CC)cc4)=CC3)cc21. The summed E-state index contributed by atoms with van der Waals surface area (Å²) in [7, 11) is 0. The van der Waals surface area contributed by atoms with Crippen molar-refractivity contribution in [1.82, 2.24) is 0 Å². The van der Waals surface area contributed by atoms with Crippen molar-refractivity contribution in [3.05, 3.63) is 89.0 Å². The quantitative estimate of drug-likeness (QED) is 0.503. The first-order valence-electron chi connectivity index (χ1n) is 10.9. The van der Waals surface area contributed by atoms with Gasteiger partial charge in [-0.1, -0.05) is 75.9 Å². The molecule has 144 valence electrons. The number of allylic oxidation sites excluding steroid dienone is 5. The molecule has 0 unspecified atom stereocenters. The zero-order valence-corrected chi connectivity index (χ0v) is 17.6. The van der Waals surface area contributed by atoms with Gasteiger partial charge in [-0.3, -0.25) is 0 Å². The molecular formula is C28H32. The molecule has 0 bridgehead atoms. The highest BCUT2D eigenvalue weighted by molar-refractivity contribution is 5.90. The first-order chi connectivity index (χ1) is 13.6. The Balaban J connectivity index is 1.60. The van der Waals surface area contributed by atoms with Crippen LogP contribution in [0.5, 0.6) is 0 Å². The van der Waals surface area contributed by atoms with Crippen LogP contribution in [0.3, 0.4) is 0 Å². The average molecular weight is 369 g/mol. The number of fused-ring (bicyclic) bond motifs is 1. The molecule has 0 aliphatic heterocycles. The van der Waals surface area contributed by atoms with E-state index in [1.54, 1.807) is 0 Å². The number of rotatable bonds is 5. The van der Waals surface area contributed by atoms with Crippen LogP contribution in [0.4, 0.5) is 0 Å². The fourth-order valence-corrected chi connectivity index (χ4v) is 4.88. The molecule has 0 amide bonds. The summed E-state index contributed by atoms with van der Waals surface area (Å²) in [6.45, 7) is 11.3. The molecule has 0 radical (unpaired) electrons. The molecule has 2 aliphatic carbocycles. The van der Waals surface area contributed by atoms with E-state index in [-0.39, 0.29) is 0 Å². The second-order valence-corrected chi connectivity index (χ2v) is 8.62. The van der Waals surface area contributed by atoms with Gasteiger partial charge in [0.2, 0.25) is 0 Å². The van der Waals surface area contributed by atoms with Crippen molar-refractivity contribution in [2.75, 3.05) is 0 Å². The fraction of sp³-hybridized carbons (Fsp3) is 0.357. The summed E-state index contributed by atoms with van der Waals surface area (Å²) < 4.78 is 0. The molecular weight excluding hydrogens is 336 g/mol. The maximum atomic E-state index is 4.46. The molecule has 0 heterocycles. The minimum atomic E-state index is 0.414. The topological polar surface area (TPSA) is 0 Å². The molecule has 2 aliphatic rings. The van der Waals surface area contributed by atoms with Gasteiger partial charge in [-0.05, 0) is 94.5 Å². The first kappa shape index (κ1) is 19.0. The number of hydrogen-bond donors (Lipinski definition) is 0. The van der Waals surface area contributed by atoms with Gasteiger partial charge in [0, 0.05) is 0 Å². The van der Waals surface area contributed by atoms with Crippen molar-refractivity contribution in [2.45, 2.75) is 59.3 Å². The van der Waals surface area contributed by atoms with Crippen LogP contribution in [-0.4, -0.2) is 0 Å². The molecule has 0 saturated carbocycles. The van der Waals surface area contributed by atoms with Crippen molar-refractivity contribution in [1.29, 1.82) is 0 Å². The van der Waals surface area contributed by atoms with Gasteiger partial charge in [0.15, 0.2) is 0 Å². The lowest BCUT2D eigenvalue weighted by molar-refractivity contribution is 0.261. The second kappa shape index (κ2) is 7.59. The summed E-state index contributed by atoms with van der Waals surface area (Å²) in [4.78, 5) is 0. The molecule has 0 nitrogen and oxygen atoms in total. The van der Waals surface area contributed by atoms with Gasteiger partial charge in [0.1, 0.15) is 0 Å². The second-order valence-electron chi connectivity index (χ2n) is 8.62. The molecule has 28 heavy (non-hydrogen) atoms. The van der Waals surface area contributed by atoms with E-state index in [9.17, 15) is 0 Å². The largest absolute Gasteiger partial charge is 0.0952 e. The smallest absolute Gasteiger partial charge is 0.00821 e. The minimum Gasteiger partial charge on any atom is -0.0952 e. The fourth-order valence-electron chi connectivity index (χ4n) is 4.88. The van der Waals surface area contributed by atoms with Crippen molar-refractivity contribution >= 4 is 16.7 Å². The minimum absolute atomic E-state index is 0.414. The third-order valence-electron chi connectivity index (χ3n) is 7.08. The third-order valence-corrected chi connectivity index (χ3v) is 7.08. The van der Waals surface area contributed by atoms with E-state index in [1.165, 1.54) is 63.8 Å². The Morgan fingerprint density at radius 3 is 2.29 bits per heavy atom. The zero-order chi connectivity index (χ0) is 19.7. The van der Waals surface area contributed by atoms with Crippen molar-refractivity contribution in [3.63, 3.8) is 0 Å². The van der Waals surface area contributed by atoms with Gasteiger partial charge in [-0.2, -0.15) is 0 Å². The van der Waals surface area contributed by atoms with Crippen LogP contribution in [0.2, 0.25) is 0 Å². The lowest BCUT2D eigenvalue weighted by Gasteiger charge is -2.38. The normalized spacial score (nSPS) is 17.9. The summed E-state index contributed by atoms with van der Waals surface area (Å²) in [6.07, 6.45) is 11.7. The molecule has 0 heteroatoms. The summed E-state index contributed by atoms with van der Waals surface area (Å²) in [5.41, 5.74) is 11.5. The van der Waals surface area contributed by atoms with Gasteiger partial charge in [-0.25, -0.2) is 0 Å². The third kappa shape index (κ3) is 3.41. The molecule has 4 rings (SSSR count). The zero-order valence-electron chi connectivity index (χ0n) is 17.6. The lowest BCUT2D eigenvalue weighted by atomic mass is 9.66. The van der Waals surface area contributed by atoms with Gasteiger partial charge in [0.25, 0.3) is 0 Å². The Hall–Kier alpha value is -2.34. The van der Waals surface area contributed by atoms with Crippen LogP contribution in [0.15, 0.2) is 61.2 Å². The Bertz CT molecular complexity index is 946. The Morgan fingerprint density at radius 1 is 0.893 bits per heavy atom. The molecule has 0 spiro atoms. The summed E-state index contributed by atoms with van der Waals surface area (Å²) in [5.74, 6) is 0. The predicted octanol–water partition coefficient (Wildman–Crippen LogP) is 7.89. The molecule has 0 aromatic heterocycles. The highest BCUT2D eigenvalue weighted by atomic mass is 14.4. The van der Waals surface area contributed by atoms with Crippen molar-refractivity contribution < 1.29 is 0 Å². The van der Waals surface area contributed by atoms with E-state index in [2.05, 4.69) is 82.0 Å². The molecule has 0 fully saturated rings. The van der Waals surface area contributed by atoms with E-state index in [4.69, 9.17) is 0 Å². The Kier molecular flexibility index (Phi) is 5.15. The van der Waals surface area contributed by atoms with Crippen LogP contribution in [-0.2, 0) is 12.8 Å². The van der Waals surface area contributed by atoms with Crippen molar-refractivity contribution in [2.24, 2.45) is 5.41 Å². The van der Waals surface area contributed by atoms with Crippen LogP contribution in [0, 0.1) is 5.41 Å². The Morgan fingerprint density at radius 2 is 1.61 bits per heavy atom. The number of aryl methyl sites for hydroxylation is 1. The van der Waals surface area contributed by atoms with Gasteiger partial charge in [0.05, 0.1) is 0 Å². The molecule has 0 atom stereocenters. The standard InChI is InChI=1S/C28H32/c1-5-21-8-10-22(11-9-21)23-12-13-24(16-23)25-14-15-26-19-28(6-2,7-3)18-20(4)27(26)17-25/h8-12,14-17H,4-7,13,18-19H2,1-3H3.